The minimum Gasteiger partial charge on any atom is -0.486 e. The molecule has 2 amide bonds. The molecule has 148 valence electrons. The summed E-state index contributed by atoms with van der Waals surface area (Å²) in [4.78, 5) is 32.0. The number of carbonyl (C=O) groups excluding carboxylic acids is 2. The Hall–Kier alpha value is -2.61. The second-order valence-electron chi connectivity index (χ2n) is 7.31. The number of thiazole rings is 1. The van der Waals surface area contributed by atoms with Crippen LogP contribution in [-0.2, 0) is 9.59 Å². The van der Waals surface area contributed by atoms with Gasteiger partial charge in [-0.15, -0.1) is 11.3 Å². The van der Waals surface area contributed by atoms with Crippen LogP contribution in [0.5, 0.6) is 11.5 Å². The third-order valence-electron chi connectivity index (χ3n) is 4.99. The Bertz CT molecular complexity index is 924. The van der Waals surface area contributed by atoms with E-state index in [1.165, 1.54) is 11.3 Å². The van der Waals surface area contributed by atoms with E-state index in [1.807, 2.05) is 39.0 Å². The van der Waals surface area contributed by atoms with Gasteiger partial charge < -0.3 is 19.7 Å². The number of rotatable bonds is 4. The highest BCUT2D eigenvalue weighted by Gasteiger charge is 2.35. The van der Waals surface area contributed by atoms with Gasteiger partial charge in [-0.3, -0.25) is 9.59 Å². The number of aryl methyl sites for hydroxylation is 1. The van der Waals surface area contributed by atoms with E-state index < -0.39 is 0 Å². The zero-order valence-electron chi connectivity index (χ0n) is 16.2. The van der Waals surface area contributed by atoms with Crippen molar-refractivity contribution >= 4 is 28.3 Å². The van der Waals surface area contributed by atoms with E-state index in [9.17, 15) is 9.59 Å². The van der Waals surface area contributed by atoms with Crippen molar-refractivity contribution in [3.63, 3.8) is 0 Å². The fourth-order valence-electron chi connectivity index (χ4n) is 3.52. The highest BCUT2D eigenvalue weighted by atomic mass is 32.1. The second kappa shape index (κ2) is 7.43. The van der Waals surface area contributed by atoms with Gasteiger partial charge in [0.2, 0.25) is 11.8 Å². The summed E-state index contributed by atoms with van der Waals surface area (Å²) in [5, 5.41) is 3.44. The molecule has 1 fully saturated rings. The van der Waals surface area contributed by atoms with Crippen LogP contribution in [0.25, 0.3) is 11.3 Å². The maximum Gasteiger partial charge on any atom is 0.231 e. The third kappa shape index (κ3) is 3.56. The first-order chi connectivity index (χ1) is 13.4. The molecule has 4 rings (SSSR count). The number of hydrogen-bond acceptors (Lipinski definition) is 6. The second-order valence-corrected chi connectivity index (χ2v) is 8.52. The number of hydrogen-bond donors (Lipinski definition) is 1. The van der Waals surface area contributed by atoms with Gasteiger partial charge in [0.25, 0.3) is 0 Å². The van der Waals surface area contributed by atoms with Crippen molar-refractivity contribution in [2.24, 2.45) is 5.92 Å². The quantitative estimate of drug-likeness (QED) is 0.852. The number of amides is 2. The molecule has 1 saturated heterocycles. The molecule has 0 bridgehead atoms. The largest absolute Gasteiger partial charge is 0.486 e. The van der Waals surface area contributed by atoms with Gasteiger partial charge in [-0.2, -0.15) is 0 Å². The molecule has 1 aromatic heterocycles. The van der Waals surface area contributed by atoms with E-state index in [0.29, 0.717) is 30.6 Å². The summed E-state index contributed by atoms with van der Waals surface area (Å²) >= 11 is 1.43. The lowest BCUT2D eigenvalue weighted by Crippen LogP contribution is -2.33. The summed E-state index contributed by atoms with van der Waals surface area (Å²) < 4.78 is 11.2. The van der Waals surface area contributed by atoms with E-state index in [0.717, 1.165) is 21.9 Å². The molecule has 2 aliphatic heterocycles. The third-order valence-corrected chi connectivity index (χ3v) is 5.88. The van der Waals surface area contributed by atoms with E-state index in [4.69, 9.17) is 9.47 Å². The standard InChI is InChI=1S/C20H23N3O4S/c1-11(2)23-10-14(9-17(23)24)19(25)22-20-21-18(12(3)28-20)13-4-5-15-16(8-13)27-7-6-26-15/h4-5,8,11,14H,6-7,9-10H2,1-3H3,(H,21,22,25)/t14-/m0/s1. The summed E-state index contributed by atoms with van der Waals surface area (Å²) in [6, 6.07) is 5.84. The van der Waals surface area contributed by atoms with E-state index in [2.05, 4.69) is 10.3 Å². The van der Waals surface area contributed by atoms with E-state index in [-0.39, 0.29) is 30.2 Å². The molecule has 7 nitrogen and oxygen atoms in total. The lowest BCUT2D eigenvalue weighted by Gasteiger charge is -2.20. The summed E-state index contributed by atoms with van der Waals surface area (Å²) in [7, 11) is 0. The smallest absolute Gasteiger partial charge is 0.231 e. The Morgan fingerprint density at radius 2 is 2.04 bits per heavy atom. The summed E-state index contributed by atoms with van der Waals surface area (Å²) in [5.74, 6) is 0.982. The molecule has 2 aliphatic rings. The van der Waals surface area contributed by atoms with Crippen LogP contribution in [0.1, 0.15) is 25.1 Å². The van der Waals surface area contributed by atoms with Gasteiger partial charge in [-0.25, -0.2) is 4.98 Å². The minimum absolute atomic E-state index is 0.0300. The SMILES string of the molecule is Cc1sc(NC(=O)[C@H]2CC(=O)N(C(C)C)C2)nc1-c1ccc2c(c1)OCCO2. The highest BCUT2D eigenvalue weighted by Crippen LogP contribution is 2.37. The Labute approximate surface area is 167 Å². The van der Waals surface area contributed by atoms with E-state index in [1.54, 1.807) is 4.90 Å². The molecule has 0 aliphatic carbocycles. The number of benzene rings is 1. The maximum absolute atomic E-state index is 12.6. The number of nitrogens with one attached hydrogen (secondary N) is 1. The first kappa shape index (κ1) is 18.7. The van der Waals surface area contributed by atoms with Crippen molar-refractivity contribution in [1.82, 2.24) is 9.88 Å². The predicted molar refractivity (Wildman–Crippen MR) is 107 cm³/mol. The average Bonchev–Trinajstić information content (AvgIpc) is 3.24. The average molecular weight is 401 g/mol. The van der Waals surface area contributed by atoms with Crippen LogP contribution >= 0.6 is 11.3 Å². The fourth-order valence-corrected chi connectivity index (χ4v) is 4.36. The zero-order valence-corrected chi connectivity index (χ0v) is 17.0. The van der Waals surface area contributed by atoms with Crippen molar-refractivity contribution in [3.05, 3.63) is 23.1 Å². The molecule has 28 heavy (non-hydrogen) atoms. The summed E-state index contributed by atoms with van der Waals surface area (Å²) in [6.07, 6.45) is 0.253. The number of fused-ring (bicyclic) bond motifs is 1. The molecule has 0 radical (unpaired) electrons. The maximum atomic E-state index is 12.6. The molecule has 0 unspecified atom stereocenters. The number of ether oxygens (including phenoxy) is 2. The number of carbonyl (C=O) groups is 2. The zero-order chi connectivity index (χ0) is 19.8. The van der Waals surface area contributed by atoms with Gasteiger partial charge in [-0.1, -0.05) is 0 Å². The van der Waals surface area contributed by atoms with Crippen molar-refractivity contribution in [1.29, 1.82) is 0 Å². The number of likely N-dealkylation sites (tertiary alicyclic amines) is 1. The van der Waals surface area contributed by atoms with Gasteiger partial charge in [0, 0.05) is 29.4 Å². The van der Waals surface area contributed by atoms with Crippen LogP contribution in [-0.4, -0.2) is 47.5 Å². The van der Waals surface area contributed by atoms with Gasteiger partial charge in [-0.05, 0) is 39.0 Å². The van der Waals surface area contributed by atoms with E-state index >= 15 is 0 Å². The molecular weight excluding hydrogens is 378 g/mol. The Morgan fingerprint density at radius 3 is 2.75 bits per heavy atom. The Kier molecular flexibility index (Phi) is 4.97. The van der Waals surface area contributed by atoms with Gasteiger partial charge in [0.05, 0.1) is 11.6 Å². The van der Waals surface area contributed by atoms with Crippen LogP contribution in [0, 0.1) is 12.8 Å². The lowest BCUT2D eigenvalue weighted by atomic mass is 10.1. The van der Waals surface area contributed by atoms with Gasteiger partial charge in [0.1, 0.15) is 13.2 Å². The molecule has 1 atom stereocenters. The van der Waals surface area contributed by atoms with Crippen molar-refractivity contribution in [3.8, 4) is 22.8 Å². The molecule has 3 heterocycles. The lowest BCUT2D eigenvalue weighted by molar-refractivity contribution is -0.129. The van der Waals surface area contributed by atoms with Crippen molar-refractivity contribution in [2.45, 2.75) is 33.2 Å². The number of nitrogens with zero attached hydrogens (tertiary/aromatic N) is 2. The van der Waals surface area contributed by atoms with Crippen LogP contribution in [0.4, 0.5) is 5.13 Å². The van der Waals surface area contributed by atoms with Crippen LogP contribution in [0.3, 0.4) is 0 Å². The highest BCUT2D eigenvalue weighted by molar-refractivity contribution is 7.16. The number of anilines is 1. The molecule has 8 heteroatoms. The summed E-state index contributed by atoms with van der Waals surface area (Å²) in [6.45, 7) is 7.43. The molecule has 0 spiro atoms. The van der Waals surface area contributed by atoms with Crippen LogP contribution in [0.2, 0.25) is 0 Å². The first-order valence-electron chi connectivity index (χ1n) is 9.40. The molecule has 0 saturated carbocycles. The Balaban J connectivity index is 1.49. The molecule has 1 aromatic carbocycles. The van der Waals surface area contributed by atoms with Crippen LogP contribution < -0.4 is 14.8 Å². The predicted octanol–water partition coefficient (Wildman–Crippen LogP) is 3.09. The van der Waals surface area contributed by atoms with Crippen molar-refractivity contribution in [2.75, 3.05) is 25.1 Å². The fraction of sp³-hybridized carbons (Fsp3) is 0.450. The topological polar surface area (TPSA) is 80.8 Å². The summed E-state index contributed by atoms with van der Waals surface area (Å²) in [5.41, 5.74) is 1.73. The number of aromatic nitrogens is 1. The molecule has 2 aromatic rings. The minimum atomic E-state index is -0.336. The molecule has 1 N–H and O–H groups in total. The van der Waals surface area contributed by atoms with Gasteiger partial charge in [0.15, 0.2) is 16.6 Å². The van der Waals surface area contributed by atoms with Gasteiger partial charge >= 0.3 is 0 Å². The van der Waals surface area contributed by atoms with Crippen LogP contribution in [0.15, 0.2) is 18.2 Å². The monoisotopic (exact) mass is 401 g/mol. The Morgan fingerprint density at radius 1 is 1.29 bits per heavy atom. The van der Waals surface area contributed by atoms with Crippen molar-refractivity contribution < 1.29 is 19.1 Å². The normalized spacial score (nSPS) is 18.6. The first-order valence-corrected chi connectivity index (χ1v) is 10.2. The molecular formula is C20H23N3O4S.